The number of furan rings is 1. The number of nitrogens with zero attached hydrogens (tertiary/aromatic N) is 1. The third-order valence-corrected chi connectivity index (χ3v) is 9.65. The monoisotopic (exact) mass is 567 g/mol. The quantitative estimate of drug-likeness (QED) is 0.210. The molecule has 9 aromatic rings. The average Bonchev–Trinajstić information content (AvgIpc) is 3.64. The zero-order valence-electron chi connectivity index (χ0n) is 23.2. The first-order valence-corrected chi connectivity index (χ1v) is 15.3. The summed E-state index contributed by atoms with van der Waals surface area (Å²) < 4.78 is 9.09. The van der Waals surface area contributed by atoms with Crippen molar-refractivity contribution in [2.24, 2.45) is 0 Å². The molecular formula is C40H25NOS. The van der Waals surface area contributed by atoms with Crippen molar-refractivity contribution in [3.8, 4) is 11.1 Å². The van der Waals surface area contributed by atoms with Gasteiger partial charge >= 0.3 is 0 Å². The standard InChI is InChI=1S/C40H25NOS/c1-2-10-26(11-3-1)28-13-8-14-29(24-28)41(35-18-9-17-33-32-16-6-7-19-38(32)43-40(33)35)30-21-22-34-37(25-30)42-36-23-20-27-12-4-5-15-31(27)39(34)36/h1-25H. The van der Waals surface area contributed by atoms with Crippen molar-refractivity contribution < 1.29 is 4.42 Å². The molecule has 3 heteroatoms. The molecule has 0 aliphatic rings. The number of thiophene rings is 1. The molecule has 0 radical (unpaired) electrons. The van der Waals surface area contributed by atoms with E-state index in [9.17, 15) is 0 Å². The molecule has 0 bridgehead atoms. The zero-order valence-corrected chi connectivity index (χ0v) is 24.0. The summed E-state index contributed by atoms with van der Waals surface area (Å²) in [6.45, 7) is 0. The summed E-state index contributed by atoms with van der Waals surface area (Å²) in [6.07, 6.45) is 0. The number of benzene rings is 7. The third kappa shape index (κ3) is 3.86. The van der Waals surface area contributed by atoms with Gasteiger partial charge in [0, 0.05) is 43.7 Å². The molecule has 0 N–H and O–H groups in total. The summed E-state index contributed by atoms with van der Waals surface area (Å²) in [5, 5.41) is 7.31. The predicted molar refractivity (Wildman–Crippen MR) is 184 cm³/mol. The van der Waals surface area contributed by atoms with E-state index in [1.54, 1.807) is 0 Å². The van der Waals surface area contributed by atoms with Crippen LogP contribution in [-0.2, 0) is 0 Å². The summed E-state index contributed by atoms with van der Waals surface area (Å²) in [6, 6.07) is 54.2. The summed E-state index contributed by atoms with van der Waals surface area (Å²) in [5.74, 6) is 0. The molecule has 0 unspecified atom stereocenters. The fourth-order valence-corrected chi connectivity index (χ4v) is 7.67. The molecule has 0 spiro atoms. The van der Waals surface area contributed by atoms with Gasteiger partial charge in [-0.2, -0.15) is 0 Å². The number of hydrogen-bond acceptors (Lipinski definition) is 3. The highest BCUT2D eigenvalue weighted by molar-refractivity contribution is 7.26. The molecule has 0 fully saturated rings. The minimum absolute atomic E-state index is 0.886. The van der Waals surface area contributed by atoms with Crippen molar-refractivity contribution in [1.82, 2.24) is 0 Å². The van der Waals surface area contributed by atoms with Gasteiger partial charge in [0.15, 0.2) is 0 Å². The van der Waals surface area contributed by atoms with Crippen molar-refractivity contribution in [3.63, 3.8) is 0 Å². The van der Waals surface area contributed by atoms with Crippen molar-refractivity contribution >= 4 is 81.3 Å². The first-order valence-electron chi connectivity index (χ1n) is 14.5. The number of fused-ring (bicyclic) bond motifs is 8. The van der Waals surface area contributed by atoms with Crippen LogP contribution >= 0.6 is 11.3 Å². The number of anilines is 3. The Morgan fingerprint density at radius 2 is 1.21 bits per heavy atom. The maximum absolute atomic E-state index is 6.53. The van der Waals surface area contributed by atoms with Gasteiger partial charge in [-0.1, -0.05) is 103 Å². The molecule has 2 nitrogen and oxygen atoms in total. The van der Waals surface area contributed by atoms with E-state index in [-0.39, 0.29) is 0 Å². The lowest BCUT2D eigenvalue weighted by Gasteiger charge is -2.26. The van der Waals surface area contributed by atoms with Gasteiger partial charge in [0.1, 0.15) is 11.2 Å². The van der Waals surface area contributed by atoms with Crippen molar-refractivity contribution in [2.45, 2.75) is 0 Å². The van der Waals surface area contributed by atoms with Crippen LogP contribution in [0, 0.1) is 0 Å². The molecule has 7 aromatic carbocycles. The third-order valence-electron chi connectivity index (χ3n) is 8.44. The largest absolute Gasteiger partial charge is 0.456 e. The van der Waals surface area contributed by atoms with E-state index in [2.05, 4.69) is 157 Å². The lowest BCUT2D eigenvalue weighted by molar-refractivity contribution is 0.669. The molecule has 0 saturated carbocycles. The molecule has 2 heterocycles. The normalized spacial score (nSPS) is 11.7. The van der Waals surface area contributed by atoms with Crippen LogP contribution in [0.2, 0.25) is 0 Å². The Bertz CT molecular complexity index is 2470. The van der Waals surface area contributed by atoms with Crippen molar-refractivity contribution in [3.05, 3.63) is 152 Å². The molecule has 2 aromatic heterocycles. The highest BCUT2D eigenvalue weighted by atomic mass is 32.1. The van der Waals surface area contributed by atoms with Crippen LogP contribution in [0.4, 0.5) is 17.1 Å². The van der Waals surface area contributed by atoms with Gasteiger partial charge in [0.2, 0.25) is 0 Å². The Morgan fingerprint density at radius 3 is 2.14 bits per heavy atom. The Hall–Kier alpha value is -5.38. The average molecular weight is 568 g/mol. The maximum Gasteiger partial charge on any atom is 0.137 e. The second kappa shape index (κ2) is 9.59. The van der Waals surface area contributed by atoms with Gasteiger partial charge in [-0.3, -0.25) is 0 Å². The topological polar surface area (TPSA) is 16.4 Å². The first-order chi connectivity index (χ1) is 21.3. The van der Waals surface area contributed by atoms with Crippen molar-refractivity contribution in [1.29, 1.82) is 0 Å². The first kappa shape index (κ1) is 24.2. The van der Waals surface area contributed by atoms with Gasteiger partial charge in [0.05, 0.1) is 10.4 Å². The minimum Gasteiger partial charge on any atom is -0.456 e. The molecule has 43 heavy (non-hydrogen) atoms. The Kier molecular flexibility index (Phi) is 5.40. The minimum atomic E-state index is 0.886. The SMILES string of the molecule is c1ccc(-c2cccc(N(c3ccc4c(c3)oc3ccc5ccccc5c34)c3cccc4c3sc3ccccc34)c2)cc1. The van der Waals surface area contributed by atoms with Crippen LogP contribution in [0.5, 0.6) is 0 Å². The summed E-state index contributed by atoms with van der Waals surface area (Å²) >= 11 is 1.85. The van der Waals surface area contributed by atoms with Gasteiger partial charge in [-0.05, 0) is 64.4 Å². The Morgan fingerprint density at radius 1 is 0.465 bits per heavy atom. The molecule has 9 rings (SSSR count). The van der Waals surface area contributed by atoms with E-state index in [1.807, 2.05) is 11.3 Å². The fraction of sp³-hybridized carbons (Fsp3) is 0. The summed E-state index contributed by atoms with van der Waals surface area (Å²) in [5.41, 5.74) is 7.50. The number of rotatable bonds is 4. The highest BCUT2D eigenvalue weighted by Gasteiger charge is 2.20. The number of hydrogen-bond donors (Lipinski definition) is 0. The Balaban J connectivity index is 1.31. The fourth-order valence-electron chi connectivity index (χ4n) is 6.46. The van der Waals surface area contributed by atoms with Gasteiger partial charge in [-0.15, -0.1) is 11.3 Å². The lowest BCUT2D eigenvalue weighted by Crippen LogP contribution is -2.10. The van der Waals surface area contributed by atoms with Crippen LogP contribution in [-0.4, -0.2) is 0 Å². The lowest BCUT2D eigenvalue weighted by atomic mass is 10.0. The molecule has 0 aliphatic heterocycles. The molecular weight excluding hydrogens is 543 g/mol. The van der Waals surface area contributed by atoms with E-state index in [1.165, 1.54) is 47.5 Å². The van der Waals surface area contributed by atoms with E-state index in [0.717, 1.165) is 33.6 Å². The predicted octanol–water partition coefficient (Wildman–Crippen LogP) is 12.2. The van der Waals surface area contributed by atoms with E-state index >= 15 is 0 Å². The van der Waals surface area contributed by atoms with E-state index < -0.39 is 0 Å². The highest BCUT2D eigenvalue weighted by Crippen LogP contribution is 2.46. The van der Waals surface area contributed by atoms with Gasteiger partial charge in [-0.25, -0.2) is 0 Å². The second-order valence-electron chi connectivity index (χ2n) is 10.9. The van der Waals surface area contributed by atoms with Crippen LogP contribution in [0.15, 0.2) is 156 Å². The summed E-state index contributed by atoms with van der Waals surface area (Å²) in [7, 11) is 0. The molecule has 0 atom stereocenters. The maximum atomic E-state index is 6.53. The molecule has 0 saturated heterocycles. The van der Waals surface area contributed by atoms with Crippen LogP contribution in [0.25, 0.3) is 64.0 Å². The molecule has 0 amide bonds. The smallest absolute Gasteiger partial charge is 0.137 e. The van der Waals surface area contributed by atoms with Gasteiger partial charge in [0.25, 0.3) is 0 Å². The summed E-state index contributed by atoms with van der Waals surface area (Å²) in [4.78, 5) is 2.38. The Labute approximate surface area is 252 Å². The van der Waals surface area contributed by atoms with Gasteiger partial charge < -0.3 is 9.32 Å². The van der Waals surface area contributed by atoms with Crippen LogP contribution in [0.3, 0.4) is 0 Å². The van der Waals surface area contributed by atoms with Crippen LogP contribution < -0.4 is 4.90 Å². The van der Waals surface area contributed by atoms with E-state index in [0.29, 0.717) is 0 Å². The molecule has 202 valence electrons. The zero-order chi connectivity index (χ0) is 28.3. The van der Waals surface area contributed by atoms with E-state index in [4.69, 9.17) is 4.42 Å². The van der Waals surface area contributed by atoms with Crippen molar-refractivity contribution in [2.75, 3.05) is 4.90 Å². The molecule has 0 aliphatic carbocycles. The van der Waals surface area contributed by atoms with Crippen LogP contribution in [0.1, 0.15) is 0 Å². The second-order valence-corrected chi connectivity index (χ2v) is 12.0.